The van der Waals surface area contributed by atoms with E-state index in [1.807, 2.05) is 0 Å². The molecule has 2 heterocycles. The van der Waals surface area contributed by atoms with Gasteiger partial charge in [-0.3, -0.25) is 4.79 Å². The molecule has 0 atom stereocenters. The standard InChI is InChI=1S/C11H15ClN4O2S/c1-7(12)6-14-10(17)8-9(13)15-11(19-8)16-2-4-18-5-3-16/h1-6,13H2,(H,14,17). The maximum absolute atomic E-state index is 11.9. The molecule has 6 nitrogen and oxygen atoms in total. The molecule has 1 aromatic heterocycles. The molecule has 8 heteroatoms. The molecule has 1 aromatic rings. The van der Waals surface area contributed by atoms with Crippen LogP contribution in [-0.4, -0.2) is 43.7 Å². The number of nitrogen functional groups attached to an aromatic ring is 1. The first-order valence-electron chi connectivity index (χ1n) is 5.78. The Labute approximate surface area is 120 Å². The highest BCUT2D eigenvalue weighted by Gasteiger charge is 2.20. The predicted molar refractivity (Wildman–Crippen MR) is 76.9 cm³/mol. The largest absolute Gasteiger partial charge is 0.382 e. The van der Waals surface area contributed by atoms with Crippen molar-refractivity contribution in [3.63, 3.8) is 0 Å². The molecule has 1 aliphatic rings. The van der Waals surface area contributed by atoms with E-state index in [0.29, 0.717) is 23.1 Å². The molecule has 0 aromatic carbocycles. The summed E-state index contributed by atoms with van der Waals surface area (Å²) >= 11 is 6.88. The molecule has 0 unspecified atom stereocenters. The Balaban J connectivity index is 2.07. The van der Waals surface area contributed by atoms with Crippen LogP contribution in [0.2, 0.25) is 0 Å². The van der Waals surface area contributed by atoms with E-state index < -0.39 is 0 Å². The van der Waals surface area contributed by atoms with Gasteiger partial charge in [-0.1, -0.05) is 29.5 Å². The lowest BCUT2D eigenvalue weighted by molar-refractivity contribution is 0.0962. The number of hydrogen-bond donors (Lipinski definition) is 2. The molecule has 0 spiro atoms. The second-order valence-corrected chi connectivity index (χ2v) is 5.52. The molecule has 0 radical (unpaired) electrons. The van der Waals surface area contributed by atoms with Gasteiger partial charge in [0.2, 0.25) is 0 Å². The highest BCUT2D eigenvalue weighted by atomic mass is 35.5. The number of carbonyl (C=O) groups is 1. The van der Waals surface area contributed by atoms with Gasteiger partial charge in [-0.15, -0.1) is 0 Å². The third-order valence-corrected chi connectivity index (χ3v) is 3.84. The normalized spacial score (nSPS) is 15.3. The fourth-order valence-corrected chi connectivity index (χ4v) is 2.65. The van der Waals surface area contributed by atoms with Crippen LogP contribution in [-0.2, 0) is 4.74 Å². The minimum absolute atomic E-state index is 0.213. The summed E-state index contributed by atoms with van der Waals surface area (Å²) < 4.78 is 5.27. The zero-order valence-corrected chi connectivity index (χ0v) is 11.9. The summed E-state index contributed by atoms with van der Waals surface area (Å²) in [6, 6.07) is 0. The van der Waals surface area contributed by atoms with Crippen LogP contribution in [0.15, 0.2) is 11.6 Å². The van der Waals surface area contributed by atoms with E-state index in [4.69, 9.17) is 22.1 Å². The summed E-state index contributed by atoms with van der Waals surface area (Å²) in [4.78, 5) is 18.6. The SMILES string of the molecule is C=C(Cl)CNC(=O)c1sc(N2CCOCC2)nc1N. The Morgan fingerprint density at radius 2 is 2.26 bits per heavy atom. The van der Waals surface area contributed by atoms with Crippen molar-refractivity contribution >= 4 is 39.8 Å². The van der Waals surface area contributed by atoms with Crippen molar-refractivity contribution in [1.29, 1.82) is 0 Å². The topological polar surface area (TPSA) is 80.5 Å². The number of thiazole rings is 1. The number of morpholine rings is 1. The number of rotatable bonds is 4. The lowest BCUT2D eigenvalue weighted by atomic mass is 10.4. The quantitative estimate of drug-likeness (QED) is 0.869. The first kappa shape index (κ1) is 14.1. The number of ether oxygens (including phenoxy) is 1. The van der Waals surface area contributed by atoms with Gasteiger partial charge in [0, 0.05) is 18.1 Å². The first-order chi connectivity index (χ1) is 9.08. The molecule has 0 aliphatic carbocycles. The average Bonchev–Trinajstić information content (AvgIpc) is 2.79. The number of hydrogen-bond acceptors (Lipinski definition) is 6. The molecule has 1 amide bonds. The maximum atomic E-state index is 11.9. The molecular weight excluding hydrogens is 288 g/mol. The van der Waals surface area contributed by atoms with Crippen molar-refractivity contribution in [2.75, 3.05) is 43.5 Å². The van der Waals surface area contributed by atoms with Crippen molar-refractivity contribution in [2.24, 2.45) is 0 Å². The van der Waals surface area contributed by atoms with Crippen LogP contribution in [0.5, 0.6) is 0 Å². The molecule has 0 bridgehead atoms. The molecule has 19 heavy (non-hydrogen) atoms. The summed E-state index contributed by atoms with van der Waals surface area (Å²) in [7, 11) is 0. The number of amides is 1. The number of nitrogens with zero attached hydrogens (tertiary/aromatic N) is 2. The zero-order chi connectivity index (χ0) is 13.8. The summed E-state index contributed by atoms with van der Waals surface area (Å²) in [6.07, 6.45) is 0. The molecule has 3 N–H and O–H groups in total. The van der Waals surface area contributed by atoms with E-state index in [2.05, 4.69) is 21.8 Å². The molecule has 1 aliphatic heterocycles. The lowest BCUT2D eigenvalue weighted by Crippen LogP contribution is -2.36. The van der Waals surface area contributed by atoms with Gasteiger partial charge >= 0.3 is 0 Å². The first-order valence-corrected chi connectivity index (χ1v) is 6.98. The molecule has 104 valence electrons. The highest BCUT2D eigenvalue weighted by molar-refractivity contribution is 7.18. The number of halogens is 1. The Kier molecular flexibility index (Phi) is 4.62. The number of anilines is 2. The Bertz CT molecular complexity index is 485. The summed E-state index contributed by atoms with van der Waals surface area (Å²) in [5.74, 6) is -0.0412. The van der Waals surface area contributed by atoms with Crippen molar-refractivity contribution < 1.29 is 9.53 Å². The fraction of sp³-hybridized carbons (Fsp3) is 0.455. The van der Waals surface area contributed by atoms with Gasteiger partial charge in [-0.2, -0.15) is 0 Å². The van der Waals surface area contributed by atoms with Crippen molar-refractivity contribution in [2.45, 2.75) is 0 Å². The Morgan fingerprint density at radius 3 is 2.89 bits per heavy atom. The summed E-state index contributed by atoms with van der Waals surface area (Å²) in [6.45, 7) is 6.55. The van der Waals surface area contributed by atoms with Gasteiger partial charge in [0.15, 0.2) is 5.13 Å². The van der Waals surface area contributed by atoms with E-state index in [-0.39, 0.29) is 18.3 Å². The predicted octanol–water partition coefficient (Wildman–Crippen LogP) is 1.04. The van der Waals surface area contributed by atoms with E-state index in [0.717, 1.165) is 18.2 Å². The van der Waals surface area contributed by atoms with Crippen molar-refractivity contribution in [1.82, 2.24) is 10.3 Å². The zero-order valence-electron chi connectivity index (χ0n) is 10.3. The molecule has 0 saturated carbocycles. The van der Waals surface area contributed by atoms with E-state index >= 15 is 0 Å². The van der Waals surface area contributed by atoms with Gasteiger partial charge < -0.3 is 20.7 Å². The molecule has 2 rings (SSSR count). The lowest BCUT2D eigenvalue weighted by Gasteiger charge is -2.25. The van der Waals surface area contributed by atoms with Gasteiger partial charge in [0.1, 0.15) is 10.7 Å². The second kappa shape index (κ2) is 6.23. The van der Waals surface area contributed by atoms with Crippen molar-refractivity contribution in [3.05, 3.63) is 16.5 Å². The Morgan fingerprint density at radius 1 is 1.58 bits per heavy atom. The number of nitrogens with one attached hydrogen (secondary N) is 1. The van der Waals surface area contributed by atoms with Gasteiger partial charge in [0.25, 0.3) is 5.91 Å². The van der Waals surface area contributed by atoms with Crippen LogP contribution >= 0.6 is 22.9 Å². The average molecular weight is 303 g/mol. The molecular formula is C11H15ClN4O2S. The number of nitrogens with two attached hydrogens (primary N) is 1. The monoisotopic (exact) mass is 302 g/mol. The van der Waals surface area contributed by atoms with E-state index in [1.165, 1.54) is 11.3 Å². The maximum Gasteiger partial charge on any atom is 0.265 e. The van der Waals surface area contributed by atoms with Crippen LogP contribution in [0.4, 0.5) is 10.9 Å². The van der Waals surface area contributed by atoms with Gasteiger partial charge in [0.05, 0.1) is 19.8 Å². The fourth-order valence-electron chi connectivity index (χ4n) is 1.63. The van der Waals surface area contributed by atoms with Gasteiger partial charge in [-0.05, 0) is 0 Å². The molecule has 1 fully saturated rings. The third kappa shape index (κ3) is 3.59. The van der Waals surface area contributed by atoms with E-state index in [1.54, 1.807) is 0 Å². The van der Waals surface area contributed by atoms with Crippen molar-refractivity contribution in [3.8, 4) is 0 Å². The smallest absolute Gasteiger partial charge is 0.265 e. The second-order valence-electron chi connectivity index (χ2n) is 4.01. The Hall–Kier alpha value is -1.31. The number of aromatic nitrogens is 1. The van der Waals surface area contributed by atoms with Crippen LogP contribution in [0.25, 0.3) is 0 Å². The minimum atomic E-state index is -0.281. The van der Waals surface area contributed by atoms with Crippen LogP contribution in [0.1, 0.15) is 9.67 Å². The van der Waals surface area contributed by atoms with Crippen LogP contribution < -0.4 is 16.0 Å². The molecule has 1 saturated heterocycles. The third-order valence-electron chi connectivity index (χ3n) is 2.57. The summed E-state index contributed by atoms with van der Waals surface area (Å²) in [5, 5.41) is 3.74. The highest BCUT2D eigenvalue weighted by Crippen LogP contribution is 2.28. The minimum Gasteiger partial charge on any atom is -0.382 e. The van der Waals surface area contributed by atoms with Gasteiger partial charge in [-0.25, -0.2) is 4.98 Å². The van der Waals surface area contributed by atoms with Crippen LogP contribution in [0, 0.1) is 0 Å². The van der Waals surface area contributed by atoms with Crippen LogP contribution in [0.3, 0.4) is 0 Å². The number of carbonyl (C=O) groups excluding carboxylic acids is 1. The van der Waals surface area contributed by atoms with E-state index in [9.17, 15) is 4.79 Å². The summed E-state index contributed by atoms with van der Waals surface area (Å²) in [5.41, 5.74) is 5.78.